The molecule has 1 heterocycles. The number of esters is 1. The van der Waals surface area contributed by atoms with E-state index in [1.807, 2.05) is 6.92 Å². The van der Waals surface area contributed by atoms with Crippen molar-refractivity contribution in [1.82, 2.24) is 0 Å². The van der Waals surface area contributed by atoms with E-state index in [1.165, 1.54) is 31.5 Å². The van der Waals surface area contributed by atoms with E-state index in [1.54, 1.807) is 24.3 Å². The summed E-state index contributed by atoms with van der Waals surface area (Å²) in [6, 6.07) is 9.30. The van der Waals surface area contributed by atoms with Crippen LogP contribution in [0.5, 0.6) is 5.75 Å². The fraction of sp³-hybridized carbons (Fsp3) is 0.235. The number of ether oxygens (including phenoxy) is 2. The van der Waals surface area contributed by atoms with E-state index in [0.29, 0.717) is 22.7 Å². The van der Waals surface area contributed by atoms with Crippen LogP contribution in [0, 0.1) is 5.21 Å². The third-order valence-corrected chi connectivity index (χ3v) is 3.14. The Morgan fingerprint density at radius 2 is 1.70 bits per heavy atom. The van der Waals surface area contributed by atoms with Crippen LogP contribution in [0.1, 0.15) is 34.6 Å². The lowest BCUT2D eigenvalue weighted by molar-refractivity contribution is -0.605. The smallest absolute Gasteiger partial charge is 0.339 e. The highest BCUT2D eigenvalue weighted by atomic mass is 16.5. The van der Waals surface area contributed by atoms with Gasteiger partial charge in [-0.3, -0.25) is 4.79 Å². The van der Waals surface area contributed by atoms with E-state index < -0.39 is 12.1 Å². The van der Waals surface area contributed by atoms with Gasteiger partial charge in [0, 0.05) is 17.7 Å². The van der Waals surface area contributed by atoms with Crippen molar-refractivity contribution in [3.8, 4) is 5.75 Å². The van der Waals surface area contributed by atoms with Crippen LogP contribution in [-0.4, -0.2) is 24.5 Å². The van der Waals surface area contributed by atoms with E-state index >= 15 is 0 Å². The average Bonchev–Trinajstić information content (AvgIpc) is 2.55. The number of ketones is 1. The van der Waals surface area contributed by atoms with E-state index in [0.717, 1.165) is 0 Å². The molecule has 0 aliphatic heterocycles. The topological polar surface area (TPSA) is 79.5 Å². The van der Waals surface area contributed by atoms with Gasteiger partial charge in [0.2, 0.25) is 5.78 Å². The van der Waals surface area contributed by atoms with Crippen molar-refractivity contribution in [2.45, 2.75) is 20.0 Å². The lowest BCUT2D eigenvalue weighted by atomic mass is 10.1. The molecule has 2 aromatic rings. The molecule has 0 aliphatic rings. The summed E-state index contributed by atoms with van der Waals surface area (Å²) in [5.74, 6) is -0.294. The molecule has 0 radical (unpaired) electrons. The van der Waals surface area contributed by atoms with E-state index in [9.17, 15) is 14.8 Å². The van der Waals surface area contributed by atoms with Crippen LogP contribution in [0.25, 0.3) is 0 Å². The lowest BCUT2D eigenvalue weighted by Gasteiger charge is -2.12. The first-order valence-electron chi connectivity index (χ1n) is 7.18. The molecule has 6 heteroatoms. The molecule has 0 bridgehead atoms. The standard InChI is InChI=1S/C17H17NO5/c1-3-22-15-6-4-13(5-7-15)16(19)12(2)23-17(20)14-8-10-18(21)11-9-14/h4-12H,3H2,1-2H3/t12-/m0/s1. The van der Waals surface area contributed by atoms with Crippen LogP contribution >= 0.6 is 0 Å². The highest BCUT2D eigenvalue weighted by molar-refractivity contribution is 6.01. The number of Topliss-reactive ketones (excluding diaryl/α,β-unsaturated/α-hetero) is 1. The maximum Gasteiger partial charge on any atom is 0.339 e. The Morgan fingerprint density at radius 3 is 2.26 bits per heavy atom. The molecule has 6 nitrogen and oxygen atoms in total. The Balaban J connectivity index is 2.01. The maximum absolute atomic E-state index is 12.3. The SMILES string of the molecule is CCOc1ccc(C(=O)[C@H](C)OC(=O)c2cc[n+]([O-])cc2)cc1. The summed E-state index contributed by atoms with van der Waals surface area (Å²) >= 11 is 0. The van der Waals surface area contributed by atoms with Gasteiger partial charge in [0.05, 0.1) is 12.2 Å². The van der Waals surface area contributed by atoms with Crippen LogP contribution in [0.3, 0.4) is 0 Å². The summed E-state index contributed by atoms with van der Waals surface area (Å²) < 4.78 is 11.0. The number of benzene rings is 1. The summed E-state index contributed by atoms with van der Waals surface area (Å²) in [6.45, 7) is 3.92. The molecule has 1 aromatic carbocycles. The van der Waals surface area contributed by atoms with Crippen molar-refractivity contribution in [1.29, 1.82) is 0 Å². The predicted molar refractivity (Wildman–Crippen MR) is 82.2 cm³/mol. The molecule has 0 saturated carbocycles. The van der Waals surface area contributed by atoms with Crippen LogP contribution < -0.4 is 9.47 Å². The van der Waals surface area contributed by atoms with E-state index in [2.05, 4.69) is 0 Å². The third-order valence-electron chi connectivity index (χ3n) is 3.14. The molecule has 0 unspecified atom stereocenters. The zero-order chi connectivity index (χ0) is 16.8. The van der Waals surface area contributed by atoms with E-state index in [4.69, 9.17) is 9.47 Å². The van der Waals surface area contributed by atoms with Crippen LogP contribution in [0.2, 0.25) is 0 Å². The molecule has 1 aromatic heterocycles. The largest absolute Gasteiger partial charge is 0.619 e. The second-order valence-electron chi connectivity index (χ2n) is 4.82. The van der Waals surface area contributed by atoms with Gasteiger partial charge >= 0.3 is 5.97 Å². The quantitative estimate of drug-likeness (QED) is 0.353. The zero-order valence-corrected chi connectivity index (χ0v) is 12.9. The van der Waals surface area contributed by atoms with Crippen LogP contribution in [0.15, 0.2) is 48.8 Å². The summed E-state index contributed by atoms with van der Waals surface area (Å²) in [4.78, 5) is 24.2. The van der Waals surface area contributed by atoms with Gasteiger partial charge in [-0.15, -0.1) is 0 Å². The number of rotatable bonds is 6. The highest BCUT2D eigenvalue weighted by Gasteiger charge is 2.20. The number of hydrogen-bond acceptors (Lipinski definition) is 5. The molecule has 23 heavy (non-hydrogen) atoms. The van der Waals surface area contributed by atoms with Crippen molar-refractivity contribution in [2.75, 3.05) is 6.61 Å². The van der Waals surface area contributed by atoms with Gasteiger partial charge in [-0.05, 0) is 38.1 Å². The summed E-state index contributed by atoms with van der Waals surface area (Å²) in [6.07, 6.45) is 1.45. The minimum absolute atomic E-state index is 0.212. The summed E-state index contributed by atoms with van der Waals surface area (Å²) in [5, 5.41) is 10.9. The fourth-order valence-corrected chi connectivity index (χ4v) is 1.95. The third kappa shape index (κ3) is 4.29. The van der Waals surface area contributed by atoms with Crippen molar-refractivity contribution >= 4 is 11.8 Å². The minimum Gasteiger partial charge on any atom is -0.619 e. The van der Waals surface area contributed by atoms with Gasteiger partial charge in [-0.25, -0.2) is 4.79 Å². The number of carbonyl (C=O) groups excluding carboxylic acids is 2. The Labute approximate surface area is 133 Å². The highest BCUT2D eigenvalue weighted by Crippen LogP contribution is 2.15. The predicted octanol–water partition coefficient (Wildman–Crippen LogP) is 2.15. The summed E-state index contributed by atoms with van der Waals surface area (Å²) in [5.41, 5.74) is 0.641. The number of nitrogens with zero attached hydrogens (tertiary/aromatic N) is 1. The molecule has 1 atom stereocenters. The Kier molecular flexibility index (Phi) is 5.30. The average molecular weight is 315 g/mol. The lowest BCUT2D eigenvalue weighted by Crippen LogP contribution is -2.27. The molecule has 120 valence electrons. The van der Waals surface area contributed by atoms with Gasteiger partial charge < -0.3 is 14.7 Å². The molecule has 0 N–H and O–H groups in total. The minimum atomic E-state index is -0.931. The van der Waals surface area contributed by atoms with Crippen molar-refractivity contribution < 1.29 is 23.8 Å². The van der Waals surface area contributed by atoms with Crippen molar-refractivity contribution in [3.05, 3.63) is 65.1 Å². The molecule has 0 spiro atoms. The number of hydrogen-bond donors (Lipinski definition) is 0. The molecule has 2 rings (SSSR count). The Bertz CT molecular complexity index is 679. The van der Waals surface area contributed by atoms with Crippen molar-refractivity contribution in [2.24, 2.45) is 0 Å². The van der Waals surface area contributed by atoms with Crippen LogP contribution in [0.4, 0.5) is 0 Å². The van der Waals surface area contributed by atoms with Gasteiger partial charge in [-0.2, -0.15) is 4.73 Å². The van der Waals surface area contributed by atoms with Gasteiger partial charge in [0.25, 0.3) is 0 Å². The molecule has 0 amide bonds. The van der Waals surface area contributed by atoms with E-state index in [-0.39, 0.29) is 11.3 Å². The number of carbonyl (C=O) groups is 2. The number of aromatic nitrogens is 1. The molecule has 0 saturated heterocycles. The maximum atomic E-state index is 12.3. The first kappa shape index (κ1) is 16.5. The normalized spacial score (nSPS) is 11.6. The Hall–Kier alpha value is -2.89. The van der Waals surface area contributed by atoms with Crippen LogP contribution in [-0.2, 0) is 4.74 Å². The second kappa shape index (κ2) is 7.40. The fourth-order valence-electron chi connectivity index (χ4n) is 1.95. The Morgan fingerprint density at radius 1 is 1.09 bits per heavy atom. The molecule has 0 aliphatic carbocycles. The first-order valence-corrected chi connectivity index (χ1v) is 7.18. The second-order valence-corrected chi connectivity index (χ2v) is 4.82. The van der Waals surface area contributed by atoms with Gasteiger partial charge in [0.1, 0.15) is 5.75 Å². The molecule has 0 fully saturated rings. The van der Waals surface area contributed by atoms with Gasteiger partial charge in [-0.1, -0.05) is 0 Å². The molecular formula is C17H17NO5. The van der Waals surface area contributed by atoms with Crippen molar-refractivity contribution in [3.63, 3.8) is 0 Å². The zero-order valence-electron chi connectivity index (χ0n) is 12.9. The first-order chi connectivity index (χ1) is 11.0. The monoisotopic (exact) mass is 315 g/mol. The number of pyridine rings is 1. The molecular weight excluding hydrogens is 298 g/mol. The summed E-state index contributed by atoms with van der Waals surface area (Å²) in [7, 11) is 0. The van der Waals surface area contributed by atoms with Gasteiger partial charge in [0.15, 0.2) is 18.5 Å².